The van der Waals surface area contributed by atoms with E-state index in [9.17, 15) is 0 Å². The normalized spacial score (nSPS) is 10.9. The van der Waals surface area contributed by atoms with Crippen molar-refractivity contribution in [3.63, 3.8) is 0 Å². The zero-order chi connectivity index (χ0) is 9.42. The summed E-state index contributed by atoms with van der Waals surface area (Å²) in [6.07, 6.45) is 2.10. The Morgan fingerprint density at radius 2 is 2.15 bits per heavy atom. The van der Waals surface area contributed by atoms with Gasteiger partial charge in [-0.2, -0.15) is 0 Å². The Kier molecular flexibility index (Phi) is 2.71. The van der Waals surface area contributed by atoms with Gasteiger partial charge >= 0.3 is 0 Å². The number of rotatable bonds is 1. The molecule has 1 aromatic carbocycles. The topological polar surface area (TPSA) is 26.0 Å². The van der Waals surface area contributed by atoms with Crippen molar-refractivity contribution >= 4 is 61.5 Å². The van der Waals surface area contributed by atoms with Gasteiger partial charge in [-0.05, 0) is 52.4 Å². The zero-order valence-corrected chi connectivity index (χ0v) is 10.8. The molecule has 2 rings (SSSR count). The third-order valence-corrected chi connectivity index (χ3v) is 5.24. The second kappa shape index (κ2) is 3.67. The number of nitrogens with two attached hydrogens (primary N) is 1. The summed E-state index contributed by atoms with van der Waals surface area (Å²) in [5.41, 5.74) is 6.62. The molecule has 1 heterocycles. The molecule has 1 aromatic heterocycles. The maximum atomic E-state index is 5.77. The standard InChI is InChI=1S/C9H8INS2/c1-12-8-3-5-2-6(11)4-7(10)9(5)13-8/h2-4H,11H2,1H3. The highest BCUT2D eigenvalue weighted by Crippen LogP contribution is 2.35. The van der Waals surface area contributed by atoms with Crippen LogP contribution in [0.1, 0.15) is 0 Å². The molecule has 0 saturated heterocycles. The summed E-state index contributed by atoms with van der Waals surface area (Å²) in [6.45, 7) is 0. The van der Waals surface area contributed by atoms with Crippen LogP contribution < -0.4 is 5.73 Å². The van der Waals surface area contributed by atoms with Gasteiger partial charge in [0, 0.05) is 14.0 Å². The van der Waals surface area contributed by atoms with Gasteiger partial charge in [-0.15, -0.1) is 23.1 Å². The van der Waals surface area contributed by atoms with Gasteiger partial charge in [0.2, 0.25) is 0 Å². The third kappa shape index (κ3) is 1.80. The summed E-state index contributed by atoms with van der Waals surface area (Å²) in [7, 11) is 0. The highest BCUT2D eigenvalue weighted by atomic mass is 127. The second-order valence-corrected chi connectivity index (χ2v) is 6.01. The first kappa shape index (κ1) is 9.61. The fourth-order valence-corrected chi connectivity index (χ4v) is 3.82. The minimum atomic E-state index is 0.849. The number of thiophene rings is 1. The van der Waals surface area contributed by atoms with E-state index in [-0.39, 0.29) is 0 Å². The van der Waals surface area contributed by atoms with Crippen LogP contribution in [0.2, 0.25) is 0 Å². The molecule has 0 fully saturated rings. The van der Waals surface area contributed by atoms with Crippen LogP contribution in [0, 0.1) is 3.57 Å². The molecule has 0 unspecified atom stereocenters. The van der Waals surface area contributed by atoms with Crippen LogP contribution in [0.15, 0.2) is 22.4 Å². The summed E-state index contributed by atoms with van der Waals surface area (Å²) in [6, 6.07) is 6.25. The lowest BCUT2D eigenvalue weighted by atomic mass is 10.2. The largest absolute Gasteiger partial charge is 0.399 e. The van der Waals surface area contributed by atoms with Crippen LogP contribution in [0.25, 0.3) is 10.1 Å². The third-order valence-electron chi connectivity index (χ3n) is 1.77. The molecule has 2 aromatic rings. The van der Waals surface area contributed by atoms with Crippen molar-refractivity contribution in [2.45, 2.75) is 4.21 Å². The Morgan fingerprint density at radius 1 is 1.38 bits per heavy atom. The van der Waals surface area contributed by atoms with Crippen LogP contribution in [-0.2, 0) is 0 Å². The summed E-state index contributed by atoms with van der Waals surface area (Å²) in [4.78, 5) is 0. The van der Waals surface area contributed by atoms with Crippen molar-refractivity contribution in [2.75, 3.05) is 12.0 Å². The van der Waals surface area contributed by atoms with E-state index < -0.39 is 0 Å². The molecule has 0 amide bonds. The number of nitrogen functional groups attached to an aromatic ring is 1. The van der Waals surface area contributed by atoms with Crippen LogP contribution in [0.3, 0.4) is 0 Å². The van der Waals surface area contributed by atoms with E-state index in [1.54, 1.807) is 11.8 Å². The van der Waals surface area contributed by atoms with E-state index in [2.05, 4.69) is 34.9 Å². The number of fused-ring (bicyclic) bond motifs is 1. The van der Waals surface area contributed by atoms with Gasteiger partial charge in [-0.25, -0.2) is 0 Å². The van der Waals surface area contributed by atoms with Crippen molar-refractivity contribution in [2.24, 2.45) is 0 Å². The lowest BCUT2D eigenvalue weighted by Crippen LogP contribution is -1.84. The van der Waals surface area contributed by atoms with Gasteiger partial charge < -0.3 is 5.73 Å². The fraction of sp³-hybridized carbons (Fsp3) is 0.111. The second-order valence-electron chi connectivity index (χ2n) is 2.69. The molecular formula is C9H8INS2. The molecule has 0 aliphatic heterocycles. The molecule has 0 bridgehead atoms. The molecule has 0 radical (unpaired) electrons. The van der Waals surface area contributed by atoms with Gasteiger partial charge in [-0.3, -0.25) is 0 Å². The quantitative estimate of drug-likeness (QED) is 0.491. The highest BCUT2D eigenvalue weighted by molar-refractivity contribution is 14.1. The first-order valence-corrected chi connectivity index (χ1v) is 6.85. The number of hydrogen-bond donors (Lipinski definition) is 1. The van der Waals surface area contributed by atoms with Crippen LogP contribution in [-0.4, -0.2) is 6.26 Å². The highest BCUT2D eigenvalue weighted by Gasteiger charge is 2.04. The van der Waals surface area contributed by atoms with E-state index in [4.69, 9.17) is 5.73 Å². The number of thioether (sulfide) groups is 1. The predicted molar refractivity (Wildman–Crippen MR) is 70.7 cm³/mol. The van der Waals surface area contributed by atoms with Gasteiger partial charge in [0.15, 0.2) is 0 Å². The minimum absolute atomic E-state index is 0.849. The molecule has 2 N–H and O–H groups in total. The Balaban J connectivity index is 2.75. The number of hydrogen-bond acceptors (Lipinski definition) is 3. The van der Waals surface area contributed by atoms with E-state index in [0.717, 1.165) is 5.69 Å². The first-order valence-electron chi connectivity index (χ1n) is 3.73. The van der Waals surface area contributed by atoms with Crippen molar-refractivity contribution in [3.8, 4) is 0 Å². The molecular weight excluding hydrogens is 313 g/mol. The summed E-state index contributed by atoms with van der Waals surface area (Å²) >= 11 is 5.95. The monoisotopic (exact) mass is 321 g/mol. The molecule has 0 aliphatic carbocycles. The average Bonchev–Trinajstić information content (AvgIpc) is 2.47. The van der Waals surface area contributed by atoms with Crippen molar-refractivity contribution in [1.29, 1.82) is 0 Å². The van der Waals surface area contributed by atoms with E-state index in [0.29, 0.717) is 0 Å². The van der Waals surface area contributed by atoms with Crippen LogP contribution in [0.5, 0.6) is 0 Å². The van der Waals surface area contributed by atoms with Gasteiger partial charge in [0.25, 0.3) is 0 Å². The van der Waals surface area contributed by atoms with Gasteiger partial charge in [0.05, 0.1) is 4.21 Å². The minimum Gasteiger partial charge on any atom is -0.399 e. The van der Waals surface area contributed by atoms with Crippen molar-refractivity contribution in [3.05, 3.63) is 21.8 Å². The van der Waals surface area contributed by atoms with E-state index in [1.165, 1.54) is 17.9 Å². The maximum absolute atomic E-state index is 5.77. The number of halogens is 1. The lowest BCUT2D eigenvalue weighted by molar-refractivity contribution is 1.72. The van der Waals surface area contributed by atoms with Gasteiger partial charge in [0.1, 0.15) is 0 Å². The Labute approximate surface area is 98.8 Å². The van der Waals surface area contributed by atoms with Crippen molar-refractivity contribution in [1.82, 2.24) is 0 Å². The Bertz CT molecular complexity index is 450. The first-order chi connectivity index (χ1) is 6.20. The lowest BCUT2D eigenvalue weighted by Gasteiger charge is -1.95. The number of benzene rings is 1. The molecule has 1 nitrogen and oxygen atoms in total. The van der Waals surface area contributed by atoms with Crippen LogP contribution in [0.4, 0.5) is 5.69 Å². The Morgan fingerprint density at radius 3 is 2.85 bits per heavy atom. The average molecular weight is 321 g/mol. The molecule has 4 heteroatoms. The fourth-order valence-electron chi connectivity index (χ4n) is 1.21. The molecule has 0 atom stereocenters. The Hall–Kier alpha value is 0.0600. The van der Waals surface area contributed by atoms with E-state index >= 15 is 0 Å². The maximum Gasteiger partial charge on any atom is 0.0608 e. The molecule has 13 heavy (non-hydrogen) atoms. The molecule has 0 aliphatic rings. The SMILES string of the molecule is CSc1cc2cc(N)cc(I)c2s1. The summed E-state index contributed by atoms with van der Waals surface area (Å²) in [5, 5.41) is 1.26. The van der Waals surface area contributed by atoms with E-state index in [1.807, 2.05) is 23.5 Å². The number of anilines is 1. The predicted octanol–water partition coefficient (Wildman–Crippen LogP) is 3.81. The van der Waals surface area contributed by atoms with Crippen LogP contribution >= 0.6 is 45.7 Å². The molecule has 68 valence electrons. The van der Waals surface area contributed by atoms with Gasteiger partial charge in [-0.1, -0.05) is 0 Å². The zero-order valence-electron chi connectivity index (χ0n) is 7.00. The summed E-state index contributed by atoms with van der Waals surface area (Å²) in [5.74, 6) is 0. The van der Waals surface area contributed by atoms with Crippen molar-refractivity contribution < 1.29 is 0 Å². The molecule has 0 saturated carbocycles. The summed E-state index contributed by atoms with van der Waals surface area (Å²) < 4.78 is 3.94. The smallest absolute Gasteiger partial charge is 0.0608 e. The molecule has 0 spiro atoms.